The Morgan fingerprint density at radius 1 is 1.29 bits per heavy atom. The lowest BCUT2D eigenvalue weighted by atomic mass is 10.2. The Morgan fingerprint density at radius 3 is 2.57 bits per heavy atom. The zero-order valence-corrected chi connectivity index (χ0v) is 10.6. The summed E-state index contributed by atoms with van der Waals surface area (Å²) >= 11 is 0. The van der Waals surface area contributed by atoms with E-state index in [-0.39, 0.29) is 18.9 Å². The molecule has 1 aromatic rings. The van der Waals surface area contributed by atoms with Crippen LogP contribution in [0.3, 0.4) is 0 Å². The number of urea groups is 1. The lowest BCUT2D eigenvalue weighted by Crippen LogP contribution is -2.39. The summed E-state index contributed by atoms with van der Waals surface area (Å²) in [5, 5.41) is 15.7. The Balaban J connectivity index is 2.08. The summed E-state index contributed by atoms with van der Waals surface area (Å²) < 4.78 is 26.7. The van der Waals surface area contributed by atoms with Gasteiger partial charge in [0.05, 0.1) is 17.3 Å². The van der Waals surface area contributed by atoms with Gasteiger partial charge in [0.2, 0.25) is 5.91 Å². The monoisotopic (exact) mass is 299 g/mol. The number of carboxylic acid groups (broad SMARTS) is 1. The Morgan fingerprint density at radius 2 is 2.00 bits per heavy atom. The van der Waals surface area contributed by atoms with Crippen molar-refractivity contribution in [3.8, 4) is 0 Å². The van der Waals surface area contributed by atoms with Crippen LogP contribution in [-0.2, 0) is 4.79 Å². The number of nitrogens with one attached hydrogen (secondary N) is 3. The molecule has 0 spiro atoms. The quantitative estimate of drug-likeness (QED) is 0.658. The van der Waals surface area contributed by atoms with Gasteiger partial charge in [0, 0.05) is 19.0 Å². The van der Waals surface area contributed by atoms with Crippen molar-refractivity contribution in [2.24, 2.45) is 0 Å². The molecule has 1 aromatic carbocycles. The topological polar surface area (TPSA) is 108 Å². The fourth-order valence-electron chi connectivity index (χ4n) is 1.86. The largest absolute Gasteiger partial charge is 0.478 e. The Kier molecular flexibility index (Phi) is 4.01. The van der Waals surface area contributed by atoms with Crippen molar-refractivity contribution < 1.29 is 28.3 Å². The normalized spacial score (nSPS) is 17.2. The third-order valence-corrected chi connectivity index (χ3v) is 2.85. The van der Waals surface area contributed by atoms with Gasteiger partial charge in [-0.25, -0.2) is 18.4 Å². The predicted octanol–water partition coefficient (Wildman–Crippen LogP) is 0.673. The molecule has 1 aliphatic heterocycles. The number of rotatable bonds is 3. The van der Waals surface area contributed by atoms with Crippen molar-refractivity contribution in [2.75, 3.05) is 11.9 Å². The first-order valence-corrected chi connectivity index (χ1v) is 5.93. The summed E-state index contributed by atoms with van der Waals surface area (Å²) in [7, 11) is 0. The van der Waals surface area contributed by atoms with Crippen LogP contribution in [0.15, 0.2) is 12.1 Å². The molecule has 4 N–H and O–H groups in total. The lowest BCUT2D eigenvalue weighted by Gasteiger charge is -2.12. The molecule has 0 bridgehead atoms. The lowest BCUT2D eigenvalue weighted by molar-refractivity contribution is -0.119. The van der Waals surface area contributed by atoms with E-state index >= 15 is 0 Å². The van der Waals surface area contributed by atoms with Gasteiger partial charge in [0.1, 0.15) is 11.6 Å². The fraction of sp³-hybridized carbons (Fsp3) is 0.250. The van der Waals surface area contributed by atoms with Crippen molar-refractivity contribution in [1.82, 2.24) is 10.6 Å². The summed E-state index contributed by atoms with van der Waals surface area (Å²) in [4.78, 5) is 33.3. The van der Waals surface area contributed by atoms with E-state index in [0.29, 0.717) is 12.1 Å². The summed E-state index contributed by atoms with van der Waals surface area (Å²) in [6.45, 7) is 0.249. The molecule has 1 fully saturated rings. The van der Waals surface area contributed by atoms with Gasteiger partial charge in [0.15, 0.2) is 0 Å². The van der Waals surface area contributed by atoms with E-state index in [4.69, 9.17) is 5.11 Å². The standard InChI is InChI=1S/C12H11F2N3O4/c13-7-3-8(14)9(2-6(7)11(19)20)17-12(21)16-5-1-10(18)15-4-5/h2-3,5H,1,4H2,(H,15,18)(H,19,20)(H2,16,17,21). The van der Waals surface area contributed by atoms with E-state index in [1.54, 1.807) is 0 Å². The minimum atomic E-state index is -1.58. The number of carboxylic acids is 1. The van der Waals surface area contributed by atoms with Crippen LogP contribution in [0.1, 0.15) is 16.8 Å². The first-order chi connectivity index (χ1) is 9.86. The van der Waals surface area contributed by atoms with Gasteiger partial charge in [0.25, 0.3) is 0 Å². The number of carbonyl (C=O) groups excluding carboxylic acids is 2. The molecule has 1 heterocycles. The molecule has 21 heavy (non-hydrogen) atoms. The van der Waals surface area contributed by atoms with E-state index in [1.165, 1.54) is 0 Å². The van der Waals surface area contributed by atoms with E-state index < -0.39 is 40.9 Å². The Bertz CT molecular complexity index is 621. The number of carbonyl (C=O) groups is 3. The zero-order valence-electron chi connectivity index (χ0n) is 10.6. The van der Waals surface area contributed by atoms with Crippen molar-refractivity contribution in [1.29, 1.82) is 0 Å². The minimum Gasteiger partial charge on any atom is -0.478 e. The van der Waals surface area contributed by atoms with E-state index in [1.807, 2.05) is 0 Å². The van der Waals surface area contributed by atoms with Crippen LogP contribution >= 0.6 is 0 Å². The van der Waals surface area contributed by atoms with Gasteiger partial charge in [-0.05, 0) is 6.07 Å². The SMILES string of the molecule is O=C1CC(NC(=O)Nc2cc(C(=O)O)c(F)cc2F)CN1. The van der Waals surface area contributed by atoms with Crippen LogP contribution in [0.25, 0.3) is 0 Å². The van der Waals surface area contributed by atoms with Crippen molar-refractivity contribution in [3.63, 3.8) is 0 Å². The van der Waals surface area contributed by atoms with E-state index in [0.717, 1.165) is 0 Å². The van der Waals surface area contributed by atoms with Crippen molar-refractivity contribution in [3.05, 3.63) is 29.3 Å². The molecule has 0 aromatic heterocycles. The van der Waals surface area contributed by atoms with Gasteiger partial charge in [-0.15, -0.1) is 0 Å². The molecule has 1 atom stereocenters. The summed E-state index contributed by atoms with van der Waals surface area (Å²) in [5.74, 6) is -4.15. The molecular weight excluding hydrogens is 288 g/mol. The fourth-order valence-corrected chi connectivity index (χ4v) is 1.86. The van der Waals surface area contributed by atoms with E-state index in [9.17, 15) is 23.2 Å². The number of aromatic carboxylic acids is 1. The molecule has 112 valence electrons. The maximum absolute atomic E-state index is 13.5. The summed E-state index contributed by atoms with van der Waals surface area (Å²) in [6.07, 6.45) is 0.0969. The molecule has 0 radical (unpaired) electrons. The van der Waals surface area contributed by atoms with Crippen LogP contribution in [0.2, 0.25) is 0 Å². The summed E-state index contributed by atoms with van der Waals surface area (Å²) in [6, 6.07) is -0.206. The molecule has 1 aliphatic rings. The molecular formula is C12H11F2N3O4. The number of amides is 3. The van der Waals surface area contributed by atoms with Gasteiger partial charge >= 0.3 is 12.0 Å². The van der Waals surface area contributed by atoms with Crippen LogP contribution in [0.5, 0.6) is 0 Å². The van der Waals surface area contributed by atoms with Crippen molar-refractivity contribution in [2.45, 2.75) is 12.5 Å². The molecule has 0 saturated carbocycles. The van der Waals surface area contributed by atoms with Crippen LogP contribution in [0.4, 0.5) is 19.3 Å². The third-order valence-electron chi connectivity index (χ3n) is 2.85. The van der Waals surface area contributed by atoms with Gasteiger partial charge < -0.3 is 21.1 Å². The van der Waals surface area contributed by atoms with Gasteiger partial charge in [-0.1, -0.05) is 0 Å². The average molecular weight is 299 g/mol. The van der Waals surface area contributed by atoms with E-state index in [2.05, 4.69) is 16.0 Å². The molecule has 0 aliphatic carbocycles. The second kappa shape index (κ2) is 5.73. The highest BCUT2D eigenvalue weighted by molar-refractivity contribution is 5.94. The molecule has 1 unspecified atom stereocenters. The smallest absolute Gasteiger partial charge is 0.338 e. The van der Waals surface area contributed by atoms with Crippen LogP contribution in [0, 0.1) is 11.6 Å². The van der Waals surface area contributed by atoms with Crippen LogP contribution in [-0.4, -0.2) is 35.6 Å². The highest BCUT2D eigenvalue weighted by atomic mass is 19.1. The molecule has 2 rings (SSSR count). The highest BCUT2D eigenvalue weighted by Crippen LogP contribution is 2.19. The molecule has 3 amide bonds. The number of hydrogen-bond acceptors (Lipinski definition) is 3. The number of hydrogen-bond donors (Lipinski definition) is 4. The minimum absolute atomic E-state index is 0.0969. The second-order valence-corrected chi connectivity index (χ2v) is 4.42. The second-order valence-electron chi connectivity index (χ2n) is 4.42. The predicted molar refractivity (Wildman–Crippen MR) is 66.9 cm³/mol. The molecule has 1 saturated heterocycles. The number of anilines is 1. The first-order valence-electron chi connectivity index (χ1n) is 5.93. The highest BCUT2D eigenvalue weighted by Gasteiger charge is 2.23. The molecule has 9 heteroatoms. The Hall–Kier alpha value is -2.71. The molecule has 7 nitrogen and oxygen atoms in total. The number of benzene rings is 1. The maximum Gasteiger partial charge on any atom is 0.338 e. The average Bonchev–Trinajstić information content (AvgIpc) is 2.77. The zero-order chi connectivity index (χ0) is 15.6. The first kappa shape index (κ1) is 14.7. The van der Waals surface area contributed by atoms with Crippen LogP contribution < -0.4 is 16.0 Å². The van der Waals surface area contributed by atoms with Crippen molar-refractivity contribution >= 4 is 23.6 Å². The Labute approximate surface area is 117 Å². The van der Waals surface area contributed by atoms with Gasteiger partial charge in [-0.3, -0.25) is 4.79 Å². The third kappa shape index (κ3) is 3.44. The van der Waals surface area contributed by atoms with Gasteiger partial charge in [-0.2, -0.15) is 0 Å². The number of halogens is 2. The maximum atomic E-state index is 13.5. The summed E-state index contributed by atoms with van der Waals surface area (Å²) in [5.41, 5.74) is -1.23.